The molecule has 1 aromatic rings. The Kier molecular flexibility index (Phi) is 5.41. The number of rotatable bonds is 6. The molecule has 0 aliphatic rings. The summed E-state index contributed by atoms with van der Waals surface area (Å²) in [5.74, 6) is 0.534. The lowest BCUT2D eigenvalue weighted by Gasteiger charge is -2.29. The van der Waals surface area contributed by atoms with E-state index in [1.807, 2.05) is 6.92 Å². The standard InChI is InChI=1S/C14H24ClN3O/c1-6-7-18-13(19)12(15)11(8-17-18)16-9-14(4,5)10(2)3/h8,10,16H,6-7,9H2,1-5H3. The molecule has 0 aliphatic carbocycles. The molecule has 0 aromatic carbocycles. The number of nitrogens with zero attached hydrogens (tertiary/aromatic N) is 2. The van der Waals surface area contributed by atoms with E-state index in [1.165, 1.54) is 4.68 Å². The van der Waals surface area contributed by atoms with Crippen molar-refractivity contribution in [3.63, 3.8) is 0 Å². The van der Waals surface area contributed by atoms with Crippen LogP contribution in [0.25, 0.3) is 0 Å². The summed E-state index contributed by atoms with van der Waals surface area (Å²) in [7, 11) is 0. The second kappa shape index (κ2) is 6.42. The molecule has 4 nitrogen and oxygen atoms in total. The summed E-state index contributed by atoms with van der Waals surface area (Å²) in [6.07, 6.45) is 2.49. The maximum atomic E-state index is 12.0. The van der Waals surface area contributed by atoms with Crippen LogP contribution in [0.15, 0.2) is 11.0 Å². The Morgan fingerprint density at radius 2 is 2.11 bits per heavy atom. The first-order chi connectivity index (χ1) is 8.79. The van der Waals surface area contributed by atoms with E-state index in [2.05, 4.69) is 38.1 Å². The number of halogens is 1. The zero-order valence-corrected chi connectivity index (χ0v) is 13.2. The third kappa shape index (κ3) is 3.96. The van der Waals surface area contributed by atoms with Gasteiger partial charge < -0.3 is 5.32 Å². The van der Waals surface area contributed by atoms with Gasteiger partial charge >= 0.3 is 0 Å². The highest BCUT2D eigenvalue weighted by atomic mass is 35.5. The predicted octanol–water partition coefficient (Wildman–Crippen LogP) is 3.40. The van der Waals surface area contributed by atoms with Gasteiger partial charge in [0.15, 0.2) is 0 Å². The molecular formula is C14H24ClN3O. The van der Waals surface area contributed by atoms with Gasteiger partial charge in [-0.05, 0) is 17.8 Å². The van der Waals surface area contributed by atoms with Crippen LogP contribution in [-0.4, -0.2) is 16.3 Å². The van der Waals surface area contributed by atoms with Gasteiger partial charge in [0, 0.05) is 13.1 Å². The lowest BCUT2D eigenvalue weighted by Crippen LogP contribution is -2.30. The van der Waals surface area contributed by atoms with Crippen molar-refractivity contribution in [1.82, 2.24) is 9.78 Å². The van der Waals surface area contributed by atoms with Gasteiger partial charge in [0.2, 0.25) is 0 Å². The van der Waals surface area contributed by atoms with Crippen LogP contribution >= 0.6 is 11.6 Å². The molecule has 0 unspecified atom stereocenters. The van der Waals surface area contributed by atoms with Crippen molar-refractivity contribution >= 4 is 17.3 Å². The van der Waals surface area contributed by atoms with Crippen molar-refractivity contribution in [2.75, 3.05) is 11.9 Å². The molecule has 0 atom stereocenters. The van der Waals surface area contributed by atoms with Gasteiger partial charge in [-0.15, -0.1) is 0 Å². The van der Waals surface area contributed by atoms with Crippen LogP contribution in [-0.2, 0) is 6.54 Å². The van der Waals surface area contributed by atoms with Crippen molar-refractivity contribution in [1.29, 1.82) is 0 Å². The van der Waals surface area contributed by atoms with Gasteiger partial charge in [-0.1, -0.05) is 46.2 Å². The van der Waals surface area contributed by atoms with E-state index in [1.54, 1.807) is 6.20 Å². The minimum atomic E-state index is -0.226. The maximum absolute atomic E-state index is 12.0. The molecule has 0 bridgehead atoms. The Balaban J connectivity index is 2.87. The number of hydrogen-bond donors (Lipinski definition) is 1. The average molecular weight is 286 g/mol. The maximum Gasteiger partial charge on any atom is 0.287 e. The molecule has 1 rings (SSSR count). The van der Waals surface area contributed by atoms with Crippen molar-refractivity contribution in [3.8, 4) is 0 Å². The molecule has 1 N–H and O–H groups in total. The highest BCUT2D eigenvalue weighted by Gasteiger charge is 2.22. The molecule has 1 aromatic heterocycles. The minimum absolute atomic E-state index is 0.127. The summed E-state index contributed by atoms with van der Waals surface area (Å²) in [6, 6.07) is 0. The lowest BCUT2D eigenvalue weighted by molar-refractivity contribution is 0.269. The van der Waals surface area contributed by atoms with Crippen LogP contribution < -0.4 is 10.9 Å². The summed E-state index contributed by atoms with van der Waals surface area (Å²) >= 11 is 6.11. The quantitative estimate of drug-likeness (QED) is 0.871. The van der Waals surface area contributed by atoms with Gasteiger partial charge in [0.1, 0.15) is 5.02 Å². The van der Waals surface area contributed by atoms with Crippen molar-refractivity contribution in [2.24, 2.45) is 11.3 Å². The van der Waals surface area contributed by atoms with Crippen LogP contribution in [0.1, 0.15) is 41.0 Å². The average Bonchev–Trinajstić information content (AvgIpc) is 2.34. The first-order valence-corrected chi connectivity index (χ1v) is 7.17. The third-order valence-corrected chi connectivity index (χ3v) is 4.08. The fourth-order valence-corrected chi connectivity index (χ4v) is 1.70. The zero-order valence-electron chi connectivity index (χ0n) is 12.5. The molecular weight excluding hydrogens is 262 g/mol. The molecule has 0 amide bonds. The molecule has 19 heavy (non-hydrogen) atoms. The van der Waals surface area contributed by atoms with E-state index in [4.69, 9.17) is 11.6 Å². The Hall–Kier alpha value is -1.03. The summed E-state index contributed by atoms with van der Waals surface area (Å²) in [5.41, 5.74) is 0.519. The highest BCUT2D eigenvalue weighted by molar-refractivity contribution is 6.32. The Labute approximate surface area is 120 Å². The molecule has 108 valence electrons. The fraction of sp³-hybridized carbons (Fsp3) is 0.714. The van der Waals surface area contributed by atoms with E-state index < -0.39 is 0 Å². The third-order valence-electron chi connectivity index (χ3n) is 3.72. The molecule has 0 radical (unpaired) electrons. The van der Waals surface area contributed by atoms with Crippen LogP contribution in [0.4, 0.5) is 5.69 Å². The monoisotopic (exact) mass is 285 g/mol. The Morgan fingerprint density at radius 3 is 2.63 bits per heavy atom. The van der Waals surface area contributed by atoms with Gasteiger partial charge in [-0.2, -0.15) is 5.10 Å². The first kappa shape index (κ1) is 16.0. The fourth-order valence-electron chi connectivity index (χ4n) is 1.49. The Morgan fingerprint density at radius 1 is 1.47 bits per heavy atom. The minimum Gasteiger partial charge on any atom is -0.382 e. The van der Waals surface area contributed by atoms with Crippen LogP contribution in [0.3, 0.4) is 0 Å². The zero-order chi connectivity index (χ0) is 14.6. The van der Waals surface area contributed by atoms with E-state index >= 15 is 0 Å². The van der Waals surface area contributed by atoms with Crippen molar-refractivity contribution < 1.29 is 0 Å². The molecule has 0 saturated heterocycles. The van der Waals surface area contributed by atoms with Gasteiger partial charge in [0.05, 0.1) is 11.9 Å². The number of nitrogens with one attached hydrogen (secondary N) is 1. The molecule has 5 heteroatoms. The second-order valence-corrected chi connectivity index (χ2v) is 6.28. The first-order valence-electron chi connectivity index (χ1n) is 6.79. The van der Waals surface area contributed by atoms with Crippen LogP contribution in [0.2, 0.25) is 5.02 Å². The highest BCUT2D eigenvalue weighted by Crippen LogP contribution is 2.27. The summed E-state index contributed by atoms with van der Waals surface area (Å²) in [4.78, 5) is 12.0. The molecule has 1 heterocycles. The molecule has 0 aliphatic heterocycles. The smallest absolute Gasteiger partial charge is 0.287 e. The van der Waals surface area contributed by atoms with E-state index in [0.717, 1.165) is 13.0 Å². The SMILES string of the molecule is CCCn1ncc(NCC(C)(C)C(C)C)c(Cl)c1=O. The van der Waals surface area contributed by atoms with Crippen LogP contribution in [0.5, 0.6) is 0 Å². The molecule has 0 fully saturated rings. The number of aromatic nitrogens is 2. The van der Waals surface area contributed by atoms with Gasteiger partial charge in [0.25, 0.3) is 5.56 Å². The second-order valence-electron chi connectivity index (χ2n) is 5.90. The number of hydrogen-bond acceptors (Lipinski definition) is 3. The number of aryl methyl sites for hydroxylation is 1. The summed E-state index contributed by atoms with van der Waals surface area (Å²) in [5, 5.41) is 7.59. The van der Waals surface area contributed by atoms with E-state index in [0.29, 0.717) is 18.2 Å². The molecule has 0 spiro atoms. The summed E-state index contributed by atoms with van der Waals surface area (Å²) < 4.78 is 1.40. The van der Waals surface area contributed by atoms with Gasteiger partial charge in [-0.3, -0.25) is 4.79 Å². The largest absolute Gasteiger partial charge is 0.382 e. The normalized spacial score (nSPS) is 11.9. The van der Waals surface area contributed by atoms with Crippen molar-refractivity contribution in [3.05, 3.63) is 21.6 Å². The lowest BCUT2D eigenvalue weighted by atomic mass is 9.81. The Bertz CT molecular complexity index is 480. The van der Waals surface area contributed by atoms with E-state index in [9.17, 15) is 4.79 Å². The summed E-state index contributed by atoms with van der Waals surface area (Å²) in [6.45, 7) is 12.1. The number of anilines is 1. The van der Waals surface area contributed by atoms with Crippen LogP contribution in [0, 0.1) is 11.3 Å². The molecule has 0 saturated carbocycles. The van der Waals surface area contributed by atoms with E-state index in [-0.39, 0.29) is 16.0 Å². The van der Waals surface area contributed by atoms with Gasteiger partial charge in [-0.25, -0.2) is 4.68 Å². The predicted molar refractivity (Wildman–Crippen MR) is 80.9 cm³/mol. The van der Waals surface area contributed by atoms with Crippen molar-refractivity contribution in [2.45, 2.75) is 47.6 Å². The topological polar surface area (TPSA) is 46.9 Å².